The zero-order chi connectivity index (χ0) is 22.5. The summed E-state index contributed by atoms with van der Waals surface area (Å²) in [4.78, 5) is 8.73. The lowest BCUT2D eigenvalue weighted by atomic mass is 10.1. The Morgan fingerprint density at radius 1 is 1.06 bits per heavy atom. The van der Waals surface area contributed by atoms with Gasteiger partial charge in [-0.15, -0.1) is 0 Å². The van der Waals surface area contributed by atoms with Crippen molar-refractivity contribution >= 4 is 49.0 Å². The standard InChI is InChI=1S/C23H19FN4O3S/c1-13-8-15(28-32(2,3)29)10-18-22(13)23(26-12-25-18)27-17-6-4-14(24)9-20(17)31-21-11-16-5-7-19(21)30-16/h4-12H,1-3H3,(H,25,26,27). The number of ether oxygens (including phenoxy) is 1. The first-order valence-electron chi connectivity index (χ1n) is 9.74. The van der Waals surface area contributed by atoms with Crippen LogP contribution in [0.5, 0.6) is 11.5 Å². The normalized spacial score (nSPS) is 11.9. The van der Waals surface area contributed by atoms with Crippen LogP contribution in [0.4, 0.5) is 21.6 Å². The van der Waals surface area contributed by atoms with Crippen LogP contribution in [-0.2, 0) is 9.73 Å². The van der Waals surface area contributed by atoms with Gasteiger partial charge < -0.3 is 14.5 Å². The van der Waals surface area contributed by atoms with E-state index >= 15 is 0 Å². The number of hydrogen-bond donors (Lipinski definition) is 1. The SMILES string of the molecule is Cc1cc(N=S(C)(C)=O)cc2ncnc(Nc3ccc(F)cc3Oc3cc4ccc3o4)c12. The largest absolute Gasteiger partial charge is 0.453 e. The monoisotopic (exact) mass is 450 g/mol. The Bertz CT molecular complexity index is 1580. The summed E-state index contributed by atoms with van der Waals surface area (Å²) in [5.41, 5.74) is 3.89. The highest BCUT2D eigenvalue weighted by molar-refractivity contribution is 7.92. The van der Waals surface area contributed by atoms with E-state index in [9.17, 15) is 8.60 Å². The number of fused-ring (bicyclic) bond motifs is 3. The number of benzene rings is 3. The first-order chi connectivity index (χ1) is 15.2. The average Bonchev–Trinajstić information content (AvgIpc) is 3.32. The van der Waals surface area contributed by atoms with Crippen LogP contribution in [0.15, 0.2) is 63.6 Å². The lowest BCUT2D eigenvalue weighted by Crippen LogP contribution is -2.00. The Morgan fingerprint density at radius 2 is 1.91 bits per heavy atom. The van der Waals surface area contributed by atoms with E-state index in [2.05, 4.69) is 19.6 Å². The number of rotatable bonds is 5. The second-order valence-corrected chi connectivity index (χ2v) is 10.3. The molecule has 0 saturated heterocycles. The molecule has 3 heterocycles. The molecule has 0 aliphatic carbocycles. The highest BCUT2D eigenvalue weighted by Gasteiger charge is 2.15. The average molecular weight is 450 g/mol. The molecule has 0 aliphatic heterocycles. The van der Waals surface area contributed by atoms with Crippen LogP contribution < -0.4 is 10.1 Å². The van der Waals surface area contributed by atoms with Crippen molar-refractivity contribution in [2.24, 2.45) is 4.36 Å². The maximum absolute atomic E-state index is 14.0. The van der Waals surface area contributed by atoms with E-state index in [0.29, 0.717) is 45.4 Å². The van der Waals surface area contributed by atoms with Gasteiger partial charge in [0.05, 0.1) is 16.9 Å². The molecule has 162 valence electrons. The second-order valence-electron chi connectivity index (χ2n) is 7.73. The van der Waals surface area contributed by atoms with E-state index < -0.39 is 15.5 Å². The number of aromatic nitrogens is 2. The molecule has 7 nitrogen and oxygen atoms in total. The van der Waals surface area contributed by atoms with Crippen molar-refractivity contribution in [2.75, 3.05) is 17.8 Å². The van der Waals surface area contributed by atoms with Gasteiger partial charge in [-0.1, -0.05) is 0 Å². The van der Waals surface area contributed by atoms with Gasteiger partial charge in [0.15, 0.2) is 17.1 Å². The van der Waals surface area contributed by atoms with Gasteiger partial charge in [0.1, 0.15) is 23.5 Å². The summed E-state index contributed by atoms with van der Waals surface area (Å²) in [6.45, 7) is 1.91. The maximum Gasteiger partial charge on any atom is 0.173 e. The number of nitrogens with zero attached hydrogens (tertiary/aromatic N) is 3. The summed E-state index contributed by atoms with van der Waals surface area (Å²) in [5.74, 6) is 0.904. The van der Waals surface area contributed by atoms with Crippen molar-refractivity contribution in [1.82, 2.24) is 9.97 Å². The van der Waals surface area contributed by atoms with Gasteiger partial charge in [-0.3, -0.25) is 0 Å². The number of furan rings is 2. The molecule has 1 N–H and O–H groups in total. The van der Waals surface area contributed by atoms with E-state index in [1.807, 2.05) is 19.1 Å². The van der Waals surface area contributed by atoms with Crippen LogP contribution >= 0.6 is 0 Å². The van der Waals surface area contributed by atoms with Crippen molar-refractivity contribution in [3.05, 3.63) is 66.2 Å². The molecule has 3 aromatic heterocycles. The molecule has 32 heavy (non-hydrogen) atoms. The molecule has 5 rings (SSSR count). The minimum absolute atomic E-state index is 0.293. The second kappa shape index (κ2) is 7.45. The summed E-state index contributed by atoms with van der Waals surface area (Å²) in [7, 11) is -2.31. The molecule has 0 aliphatic rings. The van der Waals surface area contributed by atoms with Gasteiger partial charge in [0.2, 0.25) is 0 Å². The van der Waals surface area contributed by atoms with Crippen LogP contribution in [0.2, 0.25) is 0 Å². The molecule has 0 saturated carbocycles. The zero-order valence-electron chi connectivity index (χ0n) is 17.5. The third-order valence-corrected chi connectivity index (χ3v) is 5.46. The highest BCUT2D eigenvalue weighted by atomic mass is 32.2. The van der Waals surface area contributed by atoms with Crippen LogP contribution in [0.3, 0.4) is 0 Å². The molecule has 0 fully saturated rings. The molecule has 2 aromatic carbocycles. The van der Waals surface area contributed by atoms with Crippen molar-refractivity contribution in [3.63, 3.8) is 0 Å². The van der Waals surface area contributed by atoms with E-state index in [-0.39, 0.29) is 0 Å². The molecular formula is C23H19FN4O3S. The third-order valence-electron chi connectivity index (χ3n) is 4.80. The fraction of sp³-hybridized carbons (Fsp3) is 0.130. The van der Waals surface area contributed by atoms with Gasteiger partial charge in [-0.05, 0) is 48.9 Å². The maximum atomic E-state index is 14.0. The lowest BCUT2D eigenvalue weighted by molar-refractivity contribution is 0.479. The topological polar surface area (TPSA) is 89.6 Å². The van der Waals surface area contributed by atoms with E-state index in [0.717, 1.165) is 10.9 Å². The number of hydrogen-bond acceptors (Lipinski definition) is 7. The molecule has 0 unspecified atom stereocenters. The molecule has 5 aromatic rings. The smallest absolute Gasteiger partial charge is 0.173 e. The number of anilines is 2. The summed E-state index contributed by atoms with van der Waals surface area (Å²) in [6, 6.07) is 13.2. The first kappa shape index (κ1) is 20.2. The summed E-state index contributed by atoms with van der Waals surface area (Å²) in [6.07, 6.45) is 4.59. The number of aryl methyl sites for hydroxylation is 1. The fourth-order valence-corrected chi connectivity index (χ4v) is 4.16. The minimum Gasteiger partial charge on any atom is -0.453 e. The Balaban J connectivity index is 1.56. The molecule has 0 amide bonds. The Kier molecular flexibility index (Phi) is 4.70. The van der Waals surface area contributed by atoms with Gasteiger partial charge in [0.25, 0.3) is 0 Å². The molecule has 2 bridgehead atoms. The van der Waals surface area contributed by atoms with Crippen LogP contribution in [-0.4, -0.2) is 26.7 Å². The molecular weight excluding hydrogens is 431 g/mol. The van der Waals surface area contributed by atoms with Gasteiger partial charge in [0, 0.05) is 39.8 Å². The molecule has 0 spiro atoms. The van der Waals surface area contributed by atoms with Gasteiger partial charge in [-0.25, -0.2) is 18.6 Å². The Hall–Kier alpha value is -3.72. The Morgan fingerprint density at radius 3 is 2.62 bits per heavy atom. The molecule has 0 radical (unpaired) electrons. The Labute approximate surface area is 183 Å². The van der Waals surface area contributed by atoms with Crippen molar-refractivity contribution in [3.8, 4) is 11.5 Å². The van der Waals surface area contributed by atoms with Crippen LogP contribution in [0.1, 0.15) is 5.56 Å². The van der Waals surface area contributed by atoms with Crippen molar-refractivity contribution in [1.29, 1.82) is 0 Å². The molecule has 0 atom stereocenters. The number of halogens is 1. The molecule has 9 heteroatoms. The number of nitrogens with one attached hydrogen (secondary N) is 1. The summed E-state index contributed by atoms with van der Waals surface area (Å²) < 4.78 is 41.8. The predicted molar refractivity (Wildman–Crippen MR) is 124 cm³/mol. The van der Waals surface area contributed by atoms with E-state index in [1.165, 1.54) is 18.5 Å². The first-order valence-corrected chi connectivity index (χ1v) is 12.1. The van der Waals surface area contributed by atoms with Crippen molar-refractivity contribution in [2.45, 2.75) is 6.92 Å². The zero-order valence-corrected chi connectivity index (χ0v) is 18.4. The van der Waals surface area contributed by atoms with E-state index in [1.54, 1.807) is 36.8 Å². The van der Waals surface area contributed by atoms with Crippen molar-refractivity contribution < 1.29 is 17.8 Å². The van der Waals surface area contributed by atoms with Crippen LogP contribution in [0.25, 0.3) is 22.1 Å². The quantitative estimate of drug-likeness (QED) is 0.345. The van der Waals surface area contributed by atoms with Crippen LogP contribution in [0, 0.1) is 12.7 Å². The summed E-state index contributed by atoms with van der Waals surface area (Å²) >= 11 is 0. The van der Waals surface area contributed by atoms with E-state index in [4.69, 9.17) is 9.15 Å². The fourth-order valence-electron chi connectivity index (χ4n) is 3.55. The predicted octanol–water partition coefficient (Wildman–Crippen LogP) is 6.16. The minimum atomic E-state index is -2.31. The summed E-state index contributed by atoms with van der Waals surface area (Å²) in [5, 5.41) is 4.01. The van der Waals surface area contributed by atoms with Gasteiger partial charge in [-0.2, -0.15) is 4.36 Å². The third kappa shape index (κ3) is 3.94. The lowest BCUT2D eigenvalue weighted by Gasteiger charge is -2.14. The van der Waals surface area contributed by atoms with Gasteiger partial charge >= 0.3 is 0 Å². The highest BCUT2D eigenvalue weighted by Crippen LogP contribution is 2.38.